The number of likely N-dealkylation sites (tertiary alicyclic amines) is 1. The van der Waals surface area contributed by atoms with Gasteiger partial charge in [0, 0.05) is 30.4 Å². The number of ether oxygens (including phenoxy) is 1. The van der Waals surface area contributed by atoms with E-state index >= 15 is 0 Å². The van der Waals surface area contributed by atoms with Gasteiger partial charge in [-0.25, -0.2) is 9.07 Å². The Morgan fingerprint density at radius 3 is 2.68 bits per heavy atom. The summed E-state index contributed by atoms with van der Waals surface area (Å²) in [7, 11) is 1.63. The fraction of sp³-hybridized carbons (Fsp3) is 0.318. The van der Waals surface area contributed by atoms with Gasteiger partial charge in [-0.15, -0.1) is 0 Å². The maximum absolute atomic E-state index is 14.3. The molecule has 3 aromatic rings. The van der Waals surface area contributed by atoms with Crippen LogP contribution in [0.2, 0.25) is 0 Å². The lowest BCUT2D eigenvalue weighted by Gasteiger charge is -2.29. The fourth-order valence-electron chi connectivity index (χ4n) is 3.69. The van der Waals surface area contributed by atoms with Gasteiger partial charge >= 0.3 is 0 Å². The second kappa shape index (κ2) is 8.12. The molecule has 6 heteroatoms. The number of aliphatic hydroxyl groups excluding tert-OH is 1. The van der Waals surface area contributed by atoms with Crippen LogP contribution in [0.25, 0.3) is 16.9 Å². The Kier molecular flexibility index (Phi) is 5.41. The van der Waals surface area contributed by atoms with E-state index in [4.69, 9.17) is 9.84 Å². The van der Waals surface area contributed by atoms with E-state index < -0.39 is 0 Å². The van der Waals surface area contributed by atoms with Gasteiger partial charge in [0.15, 0.2) is 0 Å². The number of para-hydroxylation sites is 1. The largest absolute Gasteiger partial charge is 0.497 e. The van der Waals surface area contributed by atoms with Crippen LogP contribution in [0.15, 0.2) is 54.7 Å². The van der Waals surface area contributed by atoms with Crippen LogP contribution in [-0.2, 0) is 6.54 Å². The number of aromatic nitrogens is 2. The molecule has 0 amide bonds. The van der Waals surface area contributed by atoms with E-state index in [0.717, 1.165) is 42.0 Å². The predicted octanol–water partition coefficient (Wildman–Crippen LogP) is 3.64. The number of hydrogen-bond donors (Lipinski definition) is 1. The monoisotopic (exact) mass is 381 g/mol. The molecule has 1 unspecified atom stereocenters. The number of nitrogens with zero attached hydrogens (tertiary/aromatic N) is 3. The quantitative estimate of drug-likeness (QED) is 0.733. The van der Waals surface area contributed by atoms with Crippen molar-refractivity contribution in [3.63, 3.8) is 0 Å². The molecule has 0 saturated carbocycles. The van der Waals surface area contributed by atoms with Crippen LogP contribution in [0.3, 0.4) is 0 Å². The number of halogens is 1. The van der Waals surface area contributed by atoms with Crippen LogP contribution in [0.5, 0.6) is 5.75 Å². The lowest BCUT2D eigenvalue weighted by atomic mass is 10.0. The molecule has 1 atom stereocenters. The molecular formula is C22H24FN3O2. The minimum atomic E-state index is -0.314. The molecule has 146 valence electrons. The van der Waals surface area contributed by atoms with Gasteiger partial charge in [-0.05, 0) is 55.8 Å². The molecule has 2 aromatic carbocycles. The van der Waals surface area contributed by atoms with Crippen molar-refractivity contribution in [2.24, 2.45) is 0 Å². The molecule has 0 aliphatic carbocycles. The molecule has 0 bridgehead atoms. The first-order valence-corrected chi connectivity index (χ1v) is 9.52. The molecule has 1 aliphatic rings. The topological polar surface area (TPSA) is 50.5 Å². The van der Waals surface area contributed by atoms with Crippen LogP contribution >= 0.6 is 0 Å². The third-order valence-corrected chi connectivity index (χ3v) is 5.13. The maximum Gasteiger partial charge on any atom is 0.148 e. The molecule has 1 aromatic heterocycles. The van der Waals surface area contributed by atoms with Crippen molar-refractivity contribution in [3.8, 4) is 22.7 Å². The van der Waals surface area contributed by atoms with Crippen LogP contribution in [0.4, 0.5) is 4.39 Å². The number of rotatable bonds is 5. The molecule has 0 spiro atoms. The summed E-state index contributed by atoms with van der Waals surface area (Å²) < 4.78 is 21.2. The summed E-state index contributed by atoms with van der Waals surface area (Å²) in [6.45, 7) is 2.24. The lowest BCUT2D eigenvalue weighted by molar-refractivity contribution is 0.0669. The van der Waals surface area contributed by atoms with Gasteiger partial charge in [0.1, 0.15) is 17.3 Å². The molecular weight excluding hydrogens is 357 g/mol. The third kappa shape index (κ3) is 3.93. The Bertz CT molecular complexity index is 939. The predicted molar refractivity (Wildman–Crippen MR) is 106 cm³/mol. The highest BCUT2D eigenvalue weighted by molar-refractivity contribution is 5.64. The summed E-state index contributed by atoms with van der Waals surface area (Å²) in [4.78, 5) is 2.23. The first kappa shape index (κ1) is 18.7. The average molecular weight is 381 g/mol. The van der Waals surface area contributed by atoms with Gasteiger partial charge in [0.25, 0.3) is 0 Å². The minimum Gasteiger partial charge on any atom is -0.497 e. The molecule has 1 fully saturated rings. The molecule has 2 heterocycles. The van der Waals surface area contributed by atoms with Crippen molar-refractivity contribution in [1.82, 2.24) is 14.7 Å². The van der Waals surface area contributed by atoms with Crippen LogP contribution in [0.1, 0.15) is 18.4 Å². The summed E-state index contributed by atoms with van der Waals surface area (Å²) in [5.74, 6) is 0.462. The number of piperidine rings is 1. The summed E-state index contributed by atoms with van der Waals surface area (Å²) in [5, 5.41) is 14.7. The van der Waals surface area contributed by atoms with E-state index in [1.807, 2.05) is 30.5 Å². The number of methoxy groups -OCH3 is 1. The standard InChI is InChI=1S/C22H24FN3O2/c1-28-19-10-8-16(9-11-19)22-17(13-25-12-4-5-18(27)15-25)14-26(24-22)21-7-3-2-6-20(21)23/h2-3,6-11,14,18,27H,4-5,12-13,15H2,1H3. The Morgan fingerprint density at radius 1 is 1.18 bits per heavy atom. The highest BCUT2D eigenvalue weighted by Gasteiger charge is 2.21. The number of hydrogen-bond acceptors (Lipinski definition) is 4. The second-order valence-corrected chi connectivity index (χ2v) is 7.16. The van der Waals surface area contributed by atoms with Gasteiger partial charge in [0.05, 0.1) is 18.9 Å². The molecule has 1 N–H and O–H groups in total. The second-order valence-electron chi connectivity index (χ2n) is 7.16. The SMILES string of the molecule is COc1ccc(-c2nn(-c3ccccc3F)cc2CN2CCCC(O)C2)cc1. The van der Waals surface area contributed by atoms with Crippen molar-refractivity contribution in [3.05, 3.63) is 66.1 Å². The van der Waals surface area contributed by atoms with Crippen molar-refractivity contribution < 1.29 is 14.2 Å². The first-order chi connectivity index (χ1) is 13.6. The Labute approximate surface area is 164 Å². The zero-order chi connectivity index (χ0) is 19.5. The van der Waals surface area contributed by atoms with Crippen molar-refractivity contribution >= 4 is 0 Å². The normalized spacial score (nSPS) is 17.6. The van der Waals surface area contributed by atoms with Crippen molar-refractivity contribution in [2.45, 2.75) is 25.5 Å². The molecule has 1 aliphatic heterocycles. The lowest BCUT2D eigenvalue weighted by Crippen LogP contribution is -2.37. The van der Waals surface area contributed by atoms with E-state index in [1.165, 1.54) is 6.07 Å². The summed E-state index contributed by atoms with van der Waals surface area (Å²) >= 11 is 0. The van der Waals surface area contributed by atoms with Gasteiger partial charge in [-0.3, -0.25) is 4.90 Å². The zero-order valence-corrected chi connectivity index (χ0v) is 15.9. The maximum atomic E-state index is 14.3. The van der Waals surface area contributed by atoms with Crippen molar-refractivity contribution in [2.75, 3.05) is 20.2 Å². The molecule has 28 heavy (non-hydrogen) atoms. The van der Waals surface area contributed by atoms with Gasteiger partial charge < -0.3 is 9.84 Å². The zero-order valence-electron chi connectivity index (χ0n) is 15.9. The smallest absolute Gasteiger partial charge is 0.148 e. The summed E-state index contributed by atoms with van der Waals surface area (Å²) in [6.07, 6.45) is 3.41. The first-order valence-electron chi connectivity index (χ1n) is 9.52. The Balaban J connectivity index is 1.72. The number of β-amino-alcohol motifs (C(OH)–C–C–N with tert-alkyl or cyclic N) is 1. The number of aliphatic hydroxyl groups is 1. The Morgan fingerprint density at radius 2 is 1.96 bits per heavy atom. The third-order valence-electron chi connectivity index (χ3n) is 5.13. The Hall–Kier alpha value is -2.70. The van der Waals surface area contributed by atoms with Gasteiger partial charge in [-0.1, -0.05) is 12.1 Å². The summed E-state index contributed by atoms with van der Waals surface area (Å²) in [5.41, 5.74) is 3.18. The fourth-order valence-corrected chi connectivity index (χ4v) is 3.69. The van der Waals surface area contributed by atoms with E-state index in [9.17, 15) is 9.50 Å². The van der Waals surface area contributed by atoms with E-state index in [0.29, 0.717) is 18.8 Å². The minimum absolute atomic E-state index is 0.292. The highest BCUT2D eigenvalue weighted by atomic mass is 19.1. The van der Waals surface area contributed by atoms with E-state index in [1.54, 1.807) is 30.0 Å². The van der Waals surface area contributed by atoms with Gasteiger partial charge in [-0.2, -0.15) is 5.10 Å². The average Bonchev–Trinajstić information content (AvgIpc) is 3.12. The summed E-state index contributed by atoms with van der Waals surface area (Å²) in [6, 6.07) is 14.3. The van der Waals surface area contributed by atoms with Gasteiger partial charge in [0.2, 0.25) is 0 Å². The molecule has 1 saturated heterocycles. The van der Waals surface area contributed by atoms with Crippen molar-refractivity contribution in [1.29, 1.82) is 0 Å². The van der Waals surface area contributed by atoms with E-state index in [2.05, 4.69) is 4.90 Å². The van der Waals surface area contributed by atoms with Crippen LogP contribution in [0, 0.1) is 5.82 Å². The van der Waals surface area contributed by atoms with E-state index in [-0.39, 0.29) is 11.9 Å². The highest BCUT2D eigenvalue weighted by Crippen LogP contribution is 2.28. The number of benzene rings is 2. The van der Waals surface area contributed by atoms with Crippen LogP contribution in [-0.4, -0.2) is 46.1 Å². The molecule has 5 nitrogen and oxygen atoms in total. The molecule has 4 rings (SSSR count). The molecule has 0 radical (unpaired) electrons. The van der Waals surface area contributed by atoms with Crippen LogP contribution < -0.4 is 4.74 Å².